The molecule has 49 heavy (non-hydrogen) atoms. The molecule has 13 heteroatoms. The minimum atomic E-state index is -5.21. The van der Waals surface area contributed by atoms with Gasteiger partial charge in [0.2, 0.25) is 11.8 Å². The third-order valence-corrected chi connectivity index (χ3v) is 8.82. The number of carbonyl (C=O) groups excluding carboxylic acids is 2. The largest absolute Gasteiger partial charge is 0.508 e. The third kappa shape index (κ3) is 7.83. The lowest BCUT2D eigenvalue weighted by Crippen LogP contribution is -2.40. The zero-order chi connectivity index (χ0) is 35.7. The zero-order valence-electron chi connectivity index (χ0n) is 26.1. The first-order valence-corrected chi connectivity index (χ1v) is 15.4. The minimum absolute atomic E-state index is 0.0712. The number of aromatic hydroxyl groups is 1. The van der Waals surface area contributed by atoms with Gasteiger partial charge in [-0.25, -0.2) is 4.90 Å². The number of imide groups is 1. The van der Waals surface area contributed by atoms with E-state index in [1.54, 1.807) is 48.5 Å². The van der Waals surface area contributed by atoms with Crippen LogP contribution in [0, 0.1) is 17.8 Å². The van der Waals surface area contributed by atoms with Crippen molar-refractivity contribution < 1.29 is 56.0 Å². The van der Waals surface area contributed by atoms with Crippen LogP contribution < -0.4 is 9.64 Å². The second-order valence-electron chi connectivity index (χ2n) is 12.2. The van der Waals surface area contributed by atoms with Crippen molar-refractivity contribution in [3.8, 4) is 11.5 Å². The number of fused-ring (bicyclic) bond motifs is 1. The first-order chi connectivity index (χ1) is 23.1. The number of anilines is 1. The number of rotatable bonds is 10. The Labute approximate surface area is 277 Å². The summed E-state index contributed by atoms with van der Waals surface area (Å²) >= 11 is 0. The van der Waals surface area contributed by atoms with Gasteiger partial charge in [-0.05, 0) is 85.4 Å². The van der Waals surface area contributed by atoms with Crippen LogP contribution in [0.25, 0.3) is 6.08 Å². The molecule has 1 aliphatic carbocycles. The van der Waals surface area contributed by atoms with Crippen molar-refractivity contribution in [1.29, 1.82) is 0 Å². The van der Waals surface area contributed by atoms with E-state index in [2.05, 4.69) is 0 Å². The molecular weight excluding hydrogens is 656 g/mol. The normalized spacial score (nSPS) is 20.9. The maximum atomic E-state index is 13.9. The van der Waals surface area contributed by atoms with E-state index >= 15 is 0 Å². The van der Waals surface area contributed by atoms with Crippen molar-refractivity contribution in [1.82, 2.24) is 0 Å². The molecule has 5 rings (SSSR count). The molecule has 3 aromatic carbocycles. The average molecular weight is 690 g/mol. The van der Waals surface area contributed by atoms with E-state index in [1.807, 2.05) is 13.0 Å². The molecule has 0 aromatic heterocycles. The summed E-state index contributed by atoms with van der Waals surface area (Å²) in [4.78, 5) is 27.9. The fourth-order valence-electron chi connectivity index (χ4n) is 6.59. The van der Waals surface area contributed by atoms with Gasteiger partial charge in [-0.1, -0.05) is 42.0 Å². The minimum Gasteiger partial charge on any atom is -0.508 e. The summed E-state index contributed by atoms with van der Waals surface area (Å²) in [5, 5.41) is 31.9. The van der Waals surface area contributed by atoms with E-state index in [0.29, 0.717) is 34.8 Å². The van der Waals surface area contributed by atoms with Gasteiger partial charge in [0.15, 0.2) is 0 Å². The van der Waals surface area contributed by atoms with Crippen LogP contribution >= 0.6 is 0 Å². The van der Waals surface area contributed by atoms with Gasteiger partial charge in [0.25, 0.3) is 0 Å². The highest BCUT2D eigenvalue weighted by atomic mass is 19.4. The fraction of sp³-hybridized carbons (Fsp3) is 0.333. The number of phenols is 1. The molecule has 0 saturated carbocycles. The predicted octanol–water partition coefficient (Wildman–Crippen LogP) is 7.17. The quantitative estimate of drug-likeness (QED) is 0.118. The summed E-state index contributed by atoms with van der Waals surface area (Å²) in [6, 6.07) is 15.6. The Morgan fingerprint density at radius 2 is 1.59 bits per heavy atom. The summed E-state index contributed by atoms with van der Waals surface area (Å²) in [5.41, 5.74) is -2.11. The zero-order valence-corrected chi connectivity index (χ0v) is 26.1. The number of ether oxygens (including phenoxy) is 1. The highest BCUT2D eigenvalue weighted by Gasteiger charge is 2.56. The third-order valence-electron chi connectivity index (χ3n) is 8.82. The Kier molecular flexibility index (Phi) is 10.3. The molecule has 260 valence electrons. The molecule has 1 fully saturated rings. The summed E-state index contributed by atoms with van der Waals surface area (Å²) in [6.45, 7) is 0.896. The summed E-state index contributed by atoms with van der Waals surface area (Å²) < 4.78 is 87.9. The maximum Gasteiger partial charge on any atom is 0.416 e. The molecule has 2 aliphatic rings. The SMILES string of the molecule is C/C(=C\c1cccc(O)c1)CC[C@@H](O)C1=C(COc2ccccc2)C[C@H]2C(=O)N(c3cc(C(F)(F)F)cc(C(F)(F)F)c3)C(=O)[C@H]2[C@H]1CO. The highest BCUT2D eigenvalue weighted by Crippen LogP contribution is 2.48. The van der Waals surface area contributed by atoms with Gasteiger partial charge in [0, 0.05) is 5.92 Å². The molecular formula is C36H33F6NO6. The lowest BCUT2D eigenvalue weighted by Gasteiger charge is -2.36. The Morgan fingerprint density at radius 1 is 0.939 bits per heavy atom. The van der Waals surface area contributed by atoms with E-state index in [9.17, 15) is 51.3 Å². The van der Waals surface area contributed by atoms with Gasteiger partial charge in [0.05, 0.1) is 41.4 Å². The van der Waals surface area contributed by atoms with Gasteiger partial charge in [-0.3, -0.25) is 9.59 Å². The summed E-state index contributed by atoms with van der Waals surface area (Å²) in [5.74, 6) is -5.38. The molecule has 0 spiro atoms. The van der Waals surface area contributed by atoms with Gasteiger partial charge < -0.3 is 20.1 Å². The lowest BCUT2D eigenvalue weighted by atomic mass is 9.68. The molecule has 1 aliphatic heterocycles. The second kappa shape index (κ2) is 14.1. The van der Waals surface area contributed by atoms with Crippen molar-refractivity contribution in [2.75, 3.05) is 18.1 Å². The fourth-order valence-corrected chi connectivity index (χ4v) is 6.59. The molecule has 2 amide bonds. The van der Waals surface area contributed by atoms with Crippen molar-refractivity contribution >= 4 is 23.6 Å². The number of hydrogen-bond acceptors (Lipinski definition) is 6. The van der Waals surface area contributed by atoms with Crippen LogP contribution in [0.3, 0.4) is 0 Å². The topological polar surface area (TPSA) is 107 Å². The first-order valence-electron chi connectivity index (χ1n) is 15.4. The van der Waals surface area contributed by atoms with E-state index < -0.39 is 71.4 Å². The number of aliphatic hydroxyl groups excluding tert-OH is 2. The number of phenolic OH excluding ortho intramolecular Hbond substituents is 1. The Morgan fingerprint density at radius 3 is 2.18 bits per heavy atom. The molecule has 4 atom stereocenters. The number of alkyl halides is 6. The number of halogens is 6. The van der Waals surface area contributed by atoms with Gasteiger partial charge >= 0.3 is 12.4 Å². The van der Waals surface area contributed by atoms with Crippen LogP contribution in [-0.4, -0.2) is 46.5 Å². The van der Waals surface area contributed by atoms with Crippen LogP contribution in [0.1, 0.15) is 42.9 Å². The second-order valence-corrected chi connectivity index (χ2v) is 12.2. The van der Waals surface area contributed by atoms with Crippen LogP contribution in [0.4, 0.5) is 32.0 Å². The number of para-hydroxylation sites is 1. The predicted molar refractivity (Wildman–Crippen MR) is 167 cm³/mol. The van der Waals surface area contributed by atoms with Crippen LogP contribution in [-0.2, 0) is 21.9 Å². The van der Waals surface area contributed by atoms with E-state index in [-0.39, 0.29) is 36.8 Å². The van der Waals surface area contributed by atoms with Crippen molar-refractivity contribution in [2.45, 2.75) is 44.6 Å². The number of hydrogen-bond donors (Lipinski definition) is 3. The van der Waals surface area contributed by atoms with Crippen LogP contribution in [0.5, 0.6) is 11.5 Å². The highest BCUT2D eigenvalue weighted by molar-refractivity contribution is 6.22. The standard InChI is InChI=1S/C36H33F6NO6/c1-20(12-21-6-5-7-26(45)13-21)10-11-30(46)31-22(19-49-27-8-3-2-4-9-27)14-28-32(29(31)18-44)34(48)43(33(28)47)25-16-23(35(37,38)39)15-24(17-25)36(40,41)42/h2-9,12-13,15-17,28-30,32,44-46H,10-11,14,18-19H2,1H3/b20-12+/t28-,29+,30-,32-/m1/s1. The molecule has 1 heterocycles. The van der Waals surface area contributed by atoms with Crippen LogP contribution in [0.15, 0.2) is 89.5 Å². The monoisotopic (exact) mass is 689 g/mol. The van der Waals surface area contributed by atoms with Crippen molar-refractivity contribution in [3.05, 3.63) is 106 Å². The molecule has 0 radical (unpaired) electrons. The molecule has 1 saturated heterocycles. The number of allylic oxidation sites excluding steroid dienone is 1. The smallest absolute Gasteiger partial charge is 0.416 e. The van der Waals surface area contributed by atoms with E-state index in [1.165, 1.54) is 6.07 Å². The van der Waals surface area contributed by atoms with Gasteiger partial charge in [-0.15, -0.1) is 0 Å². The number of benzene rings is 3. The van der Waals surface area contributed by atoms with Gasteiger partial charge in [0.1, 0.15) is 18.1 Å². The van der Waals surface area contributed by atoms with Crippen molar-refractivity contribution in [3.63, 3.8) is 0 Å². The lowest BCUT2D eigenvalue weighted by molar-refractivity contribution is -0.143. The Bertz CT molecular complexity index is 1740. The Hall–Kier alpha value is -4.62. The Balaban J connectivity index is 1.50. The maximum absolute atomic E-state index is 13.9. The van der Waals surface area contributed by atoms with Crippen molar-refractivity contribution in [2.24, 2.45) is 17.8 Å². The average Bonchev–Trinajstić information content (AvgIpc) is 3.29. The van der Waals surface area contributed by atoms with Crippen LogP contribution in [0.2, 0.25) is 0 Å². The molecule has 0 unspecified atom stereocenters. The number of aliphatic hydroxyl groups is 2. The molecule has 7 nitrogen and oxygen atoms in total. The van der Waals surface area contributed by atoms with Gasteiger partial charge in [-0.2, -0.15) is 26.3 Å². The molecule has 3 N–H and O–H groups in total. The molecule has 0 bridgehead atoms. The summed E-state index contributed by atoms with van der Waals surface area (Å²) in [7, 11) is 0. The molecule has 3 aromatic rings. The summed E-state index contributed by atoms with van der Waals surface area (Å²) in [6.07, 6.45) is -9.63. The first kappa shape index (κ1) is 35.7. The number of nitrogens with zero attached hydrogens (tertiary/aromatic N) is 1. The van der Waals surface area contributed by atoms with E-state index in [0.717, 1.165) is 11.1 Å². The number of carbonyl (C=O) groups is 2. The number of amides is 2. The van der Waals surface area contributed by atoms with E-state index in [4.69, 9.17) is 4.74 Å².